The zero-order chi connectivity index (χ0) is 11.0. The van der Waals surface area contributed by atoms with Gasteiger partial charge in [0, 0.05) is 19.6 Å². The number of nitrogens with zero attached hydrogens (tertiary/aromatic N) is 2. The van der Waals surface area contributed by atoms with Crippen molar-refractivity contribution in [2.45, 2.75) is 0 Å². The highest BCUT2D eigenvalue weighted by Crippen LogP contribution is 2.07. The Balaban J connectivity index is 0.000000500. The summed E-state index contributed by atoms with van der Waals surface area (Å²) in [6.07, 6.45) is 0. The summed E-state index contributed by atoms with van der Waals surface area (Å²) in [5.41, 5.74) is 0. The van der Waals surface area contributed by atoms with Crippen LogP contribution in [0.4, 0.5) is 0 Å². The van der Waals surface area contributed by atoms with Crippen LogP contribution in [0.2, 0.25) is 0 Å². The minimum atomic E-state index is -0.500. The van der Waals surface area contributed by atoms with Crippen LogP contribution in [0.15, 0.2) is 0 Å². The van der Waals surface area contributed by atoms with Gasteiger partial charge in [-0.05, 0) is 7.05 Å². The van der Waals surface area contributed by atoms with Crippen molar-refractivity contribution < 1.29 is 19.5 Å². The molecule has 1 fully saturated rings. The van der Waals surface area contributed by atoms with Crippen LogP contribution < -0.4 is 5.11 Å². The molecule has 1 saturated heterocycles. The van der Waals surface area contributed by atoms with Gasteiger partial charge in [-0.25, -0.2) is 0 Å². The number of hydrogen-bond donors (Lipinski definition) is 1. The molecule has 0 aromatic carbocycles. The molecule has 84 valence electrons. The Labute approximate surface area is 85.1 Å². The van der Waals surface area contributed by atoms with Crippen molar-refractivity contribution in [1.82, 2.24) is 4.90 Å². The Kier molecular flexibility index (Phi) is 6.44. The average Bonchev–Trinajstić information content (AvgIpc) is 2.13. The molecule has 0 spiro atoms. The first-order valence-corrected chi connectivity index (χ1v) is 4.76. The van der Waals surface area contributed by atoms with Gasteiger partial charge < -0.3 is 19.5 Å². The molecule has 5 heteroatoms. The predicted octanol–water partition coefficient (Wildman–Crippen LogP) is -2.26. The minimum Gasteiger partial charge on any atom is -0.554 e. The van der Waals surface area contributed by atoms with Gasteiger partial charge >= 0.3 is 0 Å². The van der Waals surface area contributed by atoms with E-state index in [1.54, 1.807) is 0 Å². The van der Waals surface area contributed by atoms with Crippen molar-refractivity contribution in [2.24, 2.45) is 0 Å². The van der Waals surface area contributed by atoms with E-state index in [1.807, 2.05) is 0 Å². The number of carbonyl (C=O) groups excluding carboxylic acids is 1. The molecule has 0 bridgehead atoms. The number of piperazine rings is 1. The van der Waals surface area contributed by atoms with E-state index in [4.69, 9.17) is 15.0 Å². The Morgan fingerprint density at radius 3 is 2.29 bits per heavy atom. The number of carboxylic acid groups (broad SMARTS) is 1. The summed E-state index contributed by atoms with van der Waals surface area (Å²) in [6.45, 7) is 5.41. The molecule has 0 unspecified atom stereocenters. The van der Waals surface area contributed by atoms with Gasteiger partial charge in [0.05, 0.1) is 26.7 Å². The summed E-state index contributed by atoms with van der Waals surface area (Å²) >= 11 is 0. The number of quaternary nitrogens is 1. The fraction of sp³-hybridized carbons (Fsp3) is 0.889. The van der Waals surface area contributed by atoms with Gasteiger partial charge in [0.15, 0.2) is 0 Å². The Hall–Kier alpha value is -0.650. The quantitative estimate of drug-likeness (QED) is 0.407. The summed E-state index contributed by atoms with van der Waals surface area (Å²) in [5.74, 6) is 0. The molecule has 0 radical (unpaired) electrons. The first-order chi connectivity index (χ1) is 6.58. The molecule has 5 nitrogen and oxygen atoms in total. The first-order valence-electron chi connectivity index (χ1n) is 4.76. The lowest BCUT2D eigenvalue weighted by Gasteiger charge is -2.40. The maximum atomic E-state index is 8.82. The van der Waals surface area contributed by atoms with E-state index in [-0.39, 0.29) is 0 Å². The monoisotopic (exact) mass is 204 g/mol. The Bertz CT molecular complexity index is 156. The Morgan fingerprint density at radius 2 is 1.93 bits per heavy atom. The SMILES string of the molecule is CN1CC[N+](C)(CCO)CC1.O=C[O-]. The molecule has 1 aliphatic heterocycles. The van der Waals surface area contributed by atoms with Crippen LogP contribution in [-0.2, 0) is 4.79 Å². The largest absolute Gasteiger partial charge is 0.554 e. The lowest BCUT2D eigenvalue weighted by Crippen LogP contribution is -2.57. The molecule has 1 heterocycles. The highest BCUT2D eigenvalue weighted by molar-refractivity contribution is 5.29. The predicted molar refractivity (Wildman–Crippen MR) is 51.4 cm³/mol. The molecule has 1 aliphatic rings. The third-order valence-electron chi connectivity index (χ3n) is 2.68. The van der Waals surface area contributed by atoms with Crippen LogP contribution in [0.1, 0.15) is 0 Å². The molecule has 0 atom stereocenters. The number of aliphatic hydroxyl groups is 1. The second-order valence-electron chi connectivity index (χ2n) is 3.91. The average molecular weight is 204 g/mol. The van der Waals surface area contributed by atoms with Crippen LogP contribution >= 0.6 is 0 Å². The number of rotatable bonds is 2. The summed E-state index contributed by atoms with van der Waals surface area (Å²) in [7, 11) is 4.38. The van der Waals surface area contributed by atoms with Crippen molar-refractivity contribution >= 4 is 6.47 Å². The van der Waals surface area contributed by atoms with E-state index in [2.05, 4.69) is 19.0 Å². The zero-order valence-electron chi connectivity index (χ0n) is 8.98. The van der Waals surface area contributed by atoms with Crippen LogP contribution in [0.5, 0.6) is 0 Å². The van der Waals surface area contributed by atoms with E-state index in [9.17, 15) is 0 Å². The molecule has 1 rings (SSSR count). The van der Waals surface area contributed by atoms with Gasteiger partial charge in [-0.2, -0.15) is 0 Å². The van der Waals surface area contributed by atoms with Crippen LogP contribution in [-0.4, -0.2) is 74.4 Å². The molecule has 0 aromatic heterocycles. The molecule has 0 saturated carbocycles. The zero-order valence-corrected chi connectivity index (χ0v) is 8.98. The smallest absolute Gasteiger partial charge is 0.102 e. The topological polar surface area (TPSA) is 63.6 Å². The highest BCUT2D eigenvalue weighted by Gasteiger charge is 2.25. The fourth-order valence-electron chi connectivity index (χ4n) is 1.51. The molecule has 1 N–H and O–H groups in total. The van der Waals surface area contributed by atoms with Gasteiger partial charge in [-0.1, -0.05) is 0 Å². The number of carbonyl (C=O) groups is 1. The molecule has 14 heavy (non-hydrogen) atoms. The maximum absolute atomic E-state index is 8.82. The van der Waals surface area contributed by atoms with Gasteiger partial charge in [0.25, 0.3) is 0 Å². The summed E-state index contributed by atoms with van der Waals surface area (Å²) in [5, 5.41) is 17.1. The van der Waals surface area contributed by atoms with Crippen molar-refractivity contribution in [2.75, 3.05) is 53.4 Å². The lowest BCUT2D eigenvalue weighted by molar-refractivity contribution is -0.913. The third kappa shape index (κ3) is 5.16. The van der Waals surface area contributed by atoms with Crippen molar-refractivity contribution in [1.29, 1.82) is 0 Å². The maximum Gasteiger partial charge on any atom is 0.102 e. The minimum absolute atomic E-state index is 0.320. The van der Waals surface area contributed by atoms with E-state index in [1.165, 1.54) is 13.1 Å². The third-order valence-corrected chi connectivity index (χ3v) is 2.68. The van der Waals surface area contributed by atoms with Crippen LogP contribution in [0, 0.1) is 0 Å². The van der Waals surface area contributed by atoms with Crippen LogP contribution in [0.3, 0.4) is 0 Å². The molecule has 0 aliphatic carbocycles. The molecule has 0 aromatic rings. The van der Waals surface area contributed by atoms with Gasteiger partial charge in [-0.3, -0.25) is 4.90 Å². The summed E-state index contributed by atoms with van der Waals surface area (Å²) < 4.78 is 1.04. The van der Waals surface area contributed by atoms with E-state index in [0.717, 1.165) is 24.1 Å². The van der Waals surface area contributed by atoms with E-state index >= 15 is 0 Å². The van der Waals surface area contributed by atoms with Gasteiger partial charge in [0.2, 0.25) is 0 Å². The van der Waals surface area contributed by atoms with Gasteiger partial charge in [-0.15, -0.1) is 0 Å². The van der Waals surface area contributed by atoms with Crippen LogP contribution in [0.25, 0.3) is 0 Å². The number of hydrogen-bond acceptors (Lipinski definition) is 4. The second-order valence-corrected chi connectivity index (χ2v) is 3.91. The molecular formula is C9H20N2O3. The highest BCUT2D eigenvalue weighted by atomic mass is 16.3. The van der Waals surface area contributed by atoms with Crippen molar-refractivity contribution in [3.05, 3.63) is 0 Å². The summed E-state index contributed by atoms with van der Waals surface area (Å²) in [4.78, 5) is 10.6. The normalized spacial score (nSPS) is 20.8. The fourth-order valence-corrected chi connectivity index (χ4v) is 1.51. The number of likely N-dealkylation sites (N-methyl/N-ethyl adjacent to an activating group) is 2. The molecule has 0 amide bonds. The van der Waals surface area contributed by atoms with E-state index < -0.39 is 6.47 Å². The first kappa shape index (κ1) is 13.4. The van der Waals surface area contributed by atoms with Crippen molar-refractivity contribution in [3.8, 4) is 0 Å². The standard InChI is InChI=1S/C8H19N2O.CH2O2/c1-9-3-5-10(2,6-4-9)7-8-11;2-1-3/h11H,3-8H2,1-2H3;1H,(H,2,3)/q+1;/p-1. The summed E-state index contributed by atoms with van der Waals surface area (Å²) in [6, 6.07) is 0. The second kappa shape index (κ2) is 6.75. The van der Waals surface area contributed by atoms with Gasteiger partial charge in [0.1, 0.15) is 6.54 Å². The van der Waals surface area contributed by atoms with E-state index in [0.29, 0.717) is 6.61 Å². The Morgan fingerprint density at radius 1 is 1.50 bits per heavy atom. The lowest BCUT2D eigenvalue weighted by atomic mass is 10.3. The molecular weight excluding hydrogens is 184 g/mol. The number of aliphatic hydroxyl groups excluding tert-OH is 1. The van der Waals surface area contributed by atoms with Crippen molar-refractivity contribution in [3.63, 3.8) is 0 Å².